The summed E-state index contributed by atoms with van der Waals surface area (Å²) in [6.45, 7) is 4.21. The number of aliphatic carboxylic acids is 1. The summed E-state index contributed by atoms with van der Waals surface area (Å²) in [6, 6.07) is 0. The van der Waals surface area contributed by atoms with Crippen LogP contribution in [-0.4, -0.2) is 47.7 Å². The second-order valence-corrected chi connectivity index (χ2v) is 5.88. The number of piperidine rings is 1. The van der Waals surface area contributed by atoms with Crippen LogP contribution in [-0.2, 0) is 14.3 Å². The molecule has 0 aromatic heterocycles. The quantitative estimate of drug-likeness (QED) is 0.855. The molecule has 5 heteroatoms. The van der Waals surface area contributed by atoms with Crippen LogP contribution in [0.25, 0.3) is 0 Å². The molecule has 0 spiro atoms. The Balaban J connectivity index is 1.84. The van der Waals surface area contributed by atoms with E-state index < -0.39 is 5.97 Å². The van der Waals surface area contributed by atoms with Crippen molar-refractivity contribution in [2.75, 3.05) is 19.7 Å². The molecule has 0 bridgehead atoms. The molecule has 1 saturated carbocycles. The van der Waals surface area contributed by atoms with E-state index in [9.17, 15) is 9.59 Å². The van der Waals surface area contributed by atoms with Gasteiger partial charge in [-0.3, -0.25) is 9.59 Å². The monoisotopic (exact) mass is 283 g/mol. The summed E-state index contributed by atoms with van der Waals surface area (Å²) < 4.78 is 5.59. The van der Waals surface area contributed by atoms with Gasteiger partial charge in [-0.15, -0.1) is 0 Å². The summed E-state index contributed by atoms with van der Waals surface area (Å²) in [5, 5.41) is 9.10. The third kappa shape index (κ3) is 3.72. The van der Waals surface area contributed by atoms with Crippen LogP contribution >= 0.6 is 0 Å². The van der Waals surface area contributed by atoms with Crippen molar-refractivity contribution in [3.8, 4) is 0 Å². The molecule has 1 aliphatic heterocycles. The Labute approximate surface area is 120 Å². The molecule has 2 fully saturated rings. The Morgan fingerprint density at radius 3 is 2.40 bits per heavy atom. The van der Waals surface area contributed by atoms with Gasteiger partial charge in [0.25, 0.3) is 0 Å². The first-order valence-electron chi connectivity index (χ1n) is 7.75. The van der Waals surface area contributed by atoms with E-state index in [1.165, 1.54) is 0 Å². The van der Waals surface area contributed by atoms with E-state index in [0.717, 1.165) is 45.4 Å². The van der Waals surface area contributed by atoms with E-state index in [4.69, 9.17) is 9.84 Å². The highest BCUT2D eigenvalue weighted by Gasteiger charge is 2.34. The number of rotatable bonds is 4. The fourth-order valence-electron chi connectivity index (χ4n) is 3.38. The van der Waals surface area contributed by atoms with Crippen LogP contribution in [0.15, 0.2) is 0 Å². The van der Waals surface area contributed by atoms with E-state index in [-0.39, 0.29) is 23.8 Å². The highest BCUT2D eigenvalue weighted by Crippen LogP contribution is 2.31. The second-order valence-electron chi connectivity index (χ2n) is 5.88. The van der Waals surface area contributed by atoms with Gasteiger partial charge < -0.3 is 14.7 Å². The van der Waals surface area contributed by atoms with Crippen LogP contribution in [0.1, 0.15) is 45.4 Å². The molecule has 2 rings (SSSR count). The van der Waals surface area contributed by atoms with Crippen molar-refractivity contribution in [2.24, 2.45) is 11.8 Å². The second kappa shape index (κ2) is 7.07. The molecule has 2 aliphatic rings. The number of nitrogens with zero attached hydrogens (tertiary/aromatic N) is 1. The first kappa shape index (κ1) is 15.3. The number of carbonyl (C=O) groups excluding carboxylic acids is 1. The molecular weight excluding hydrogens is 258 g/mol. The van der Waals surface area contributed by atoms with Gasteiger partial charge in [0, 0.05) is 25.6 Å². The zero-order valence-electron chi connectivity index (χ0n) is 12.2. The average Bonchev–Trinajstić information content (AvgIpc) is 2.48. The van der Waals surface area contributed by atoms with Gasteiger partial charge in [0.2, 0.25) is 5.91 Å². The van der Waals surface area contributed by atoms with Crippen molar-refractivity contribution >= 4 is 11.9 Å². The van der Waals surface area contributed by atoms with E-state index in [2.05, 4.69) is 0 Å². The molecule has 1 aliphatic carbocycles. The predicted octanol–water partition coefficient (Wildman–Crippen LogP) is 1.90. The Morgan fingerprint density at radius 2 is 1.80 bits per heavy atom. The smallest absolute Gasteiger partial charge is 0.306 e. The minimum Gasteiger partial charge on any atom is -0.481 e. The SMILES string of the molecule is CCOC1CCN(C(=O)[C@@H]2CCC[C@H](C(=O)O)C2)CC1. The van der Waals surface area contributed by atoms with E-state index in [0.29, 0.717) is 12.8 Å². The van der Waals surface area contributed by atoms with Crippen molar-refractivity contribution in [1.82, 2.24) is 4.90 Å². The van der Waals surface area contributed by atoms with Crippen molar-refractivity contribution in [1.29, 1.82) is 0 Å². The molecule has 0 aromatic carbocycles. The topological polar surface area (TPSA) is 66.8 Å². The van der Waals surface area contributed by atoms with Gasteiger partial charge in [0.15, 0.2) is 0 Å². The van der Waals surface area contributed by atoms with Crippen LogP contribution in [0.3, 0.4) is 0 Å². The van der Waals surface area contributed by atoms with Gasteiger partial charge in [0.1, 0.15) is 0 Å². The van der Waals surface area contributed by atoms with Crippen LogP contribution in [0, 0.1) is 11.8 Å². The number of hydrogen-bond donors (Lipinski definition) is 1. The lowest BCUT2D eigenvalue weighted by atomic mass is 9.80. The van der Waals surface area contributed by atoms with Crippen molar-refractivity contribution in [3.63, 3.8) is 0 Å². The minimum atomic E-state index is -0.752. The number of carboxylic acid groups (broad SMARTS) is 1. The lowest BCUT2D eigenvalue weighted by molar-refractivity contribution is -0.146. The molecule has 1 amide bonds. The Kier molecular flexibility index (Phi) is 5.40. The molecule has 0 aromatic rings. The number of hydrogen-bond acceptors (Lipinski definition) is 3. The zero-order valence-corrected chi connectivity index (χ0v) is 12.2. The molecule has 2 atom stereocenters. The molecule has 0 unspecified atom stereocenters. The molecule has 114 valence electrons. The summed E-state index contributed by atoms with van der Waals surface area (Å²) in [5.74, 6) is -1.02. The molecule has 1 saturated heterocycles. The summed E-state index contributed by atoms with van der Waals surface area (Å²) >= 11 is 0. The normalized spacial score (nSPS) is 28.4. The third-order valence-electron chi connectivity index (χ3n) is 4.53. The summed E-state index contributed by atoms with van der Waals surface area (Å²) in [4.78, 5) is 25.5. The molecular formula is C15H25NO4. The lowest BCUT2D eigenvalue weighted by Crippen LogP contribution is -2.45. The maximum Gasteiger partial charge on any atom is 0.306 e. The maximum atomic E-state index is 12.5. The lowest BCUT2D eigenvalue weighted by Gasteiger charge is -2.35. The number of ether oxygens (including phenoxy) is 1. The fourth-order valence-corrected chi connectivity index (χ4v) is 3.38. The van der Waals surface area contributed by atoms with Gasteiger partial charge in [-0.25, -0.2) is 0 Å². The third-order valence-corrected chi connectivity index (χ3v) is 4.53. The van der Waals surface area contributed by atoms with Gasteiger partial charge in [0.05, 0.1) is 12.0 Å². The number of likely N-dealkylation sites (tertiary alicyclic amines) is 1. The number of carboxylic acids is 1. The minimum absolute atomic E-state index is 0.0894. The van der Waals surface area contributed by atoms with E-state index in [1.54, 1.807) is 0 Å². The van der Waals surface area contributed by atoms with Gasteiger partial charge in [-0.1, -0.05) is 6.42 Å². The highest BCUT2D eigenvalue weighted by molar-refractivity contribution is 5.80. The molecule has 1 heterocycles. The standard InChI is InChI=1S/C15H25NO4/c1-2-20-13-6-8-16(9-7-13)14(17)11-4-3-5-12(10-11)15(18)19/h11-13H,2-10H2,1H3,(H,18,19)/t11-,12+/m1/s1. The predicted molar refractivity (Wildman–Crippen MR) is 74.3 cm³/mol. The number of carbonyl (C=O) groups is 2. The Morgan fingerprint density at radius 1 is 1.15 bits per heavy atom. The van der Waals surface area contributed by atoms with Gasteiger partial charge >= 0.3 is 5.97 Å². The zero-order chi connectivity index (χ0) is 14.5. The van der Waals surface area contributed by atoms with Crippen molar-refractivity contribution < 1.29 is 19.4 Å². The molecule has 5 nitrogen and oxygen atoms in total. The molecule has 20 heavy (non-hydrogen) atoms. The molecule has 0 radical (unpaired) electrons. The van der Waals surface area contributed by atoms with Crippen LogP contribution in [0.2, 0.25) is 0 Å². The fraction of sp³-hybridized carbons (Fsp3) is 0.867. The van der Waals surface area contributed by atoms with Gasteiger partial charge in [-0.2, -0.15) is 0 Å². The Bertz CT molecular complexity index is 350. The number of amides is 1. The summed E-state index contributed by atoms with van der Waals surface area (Å²) in [5.41, 5.74) is 0. The van der Waals surface area contributed by atoms with E-state index in [1.807, 2.05) is 11.8 Å². The van der Waals surface area contributed by atoms with Crippen molar-refractivity contribution in [3.05, 3.63) is 0 Å². The van der Waals surface area contributed by atoms with E-state index >= 15 is 0 Å². The first-order valence-corrected chi connectivity index (χ1v) is 7.75. The highest BCUT2D eigenvalue weighted by atomic mass is 16.5. The Hall–Kier alpha value is -1.10. The van der Waals surface area contributed by atoms with Crippen LogP contribution in [0.4, 0.5) is 0 Å². The van der Waals surface area contributed by atoms with Crippen LogP contribution in [0.5, 0.6) is 0 Å². The molecule has 1 N–H and O–H groups in total. The largest absolute Gasteiger partial charge is 0.481 e. The van der Waals surface area contributed by atoms with Crippen molar-refractivity contribution in [2.45, 2.75) is 51.6 Å². The van der Waals surface area contributed by atoms with Crippen LogP contribution < -0.4 is 0 Å². The maximum absolute atomic E-state index is 12.5. The summed E-state index contributed by atoms with van der Waals surface area (Å²) in [7, 11) is 0. The first-order chi connectivity index (χ1) is 9.61. The average molecular weight is 283 g/mol. The summed E-state index contributed by atoms with van der Waals surface area (Å²) in [6.07, 6.45) is 4.99. The van der Waals surface area contributed by atoms with Gasteiger partial charge in [-0.05, 0) is 39.0 Å².